The van der Waals surface area contributed by atoms with Gasteiger partial charge in [-0.15, -0.1) is 0 Å². The lowest BCUT2D eigenvalue weighted by molar-refractivity contribution is -0.119. The second-order valence-electron chi connectivity index (χ2n) is 9.75. The predicted octanol–water partition coefficient (Wildman–Crippen LogP) is 3.87. The summed E-state index contributed by atoms with van der Waals surface area (Å²) in [6.07, 6.45) is 2.78. The van der Waals surface area contributed by atoms with E-state index in [1.54, 1.807) is 49.4 Å². The largest absolute Gasteiger partial charge is 0.492 e. The Bertz CT molecular complexity index is 1520. The van der Waals surface area contributed by atoms with E-state index in [4.69, 9.17) is 4.74 Å². The first-order valence-corrected chi connectivity index (χ1v) is 16.1. The number of benzene rings is 3. The minimum absolute atomic E-state index is 0.100. The molecule has 1 heterocycles. The maximum Gasteiger partial charge on any atom is 0.264 e. The SMILES string of the molecule is Cc1ccc(S(=O)(=O)N(CC(=O)NCCOc2ccc(S(=O)(=O)N3CCCCC3)cc2)c2ccccc2C)cc1. The van der Waals surface area contributed by atoms with E-state index in [0.717, 1.165) is 34.7 Å². The van der Waals surface area contributed by atoms with Crippen molar-refractivity contribution < 1.29 is 26.4 Å². The number of aryl methyl sites for hydroxylation is 2. The third kappa shape index (κ3) is 7.01. The number of nitrogens with one attached hydrogen (secondary N) is 1. The fraction of sp³-hybridized carbons (Fsp3) is 0.345. The first kappa shape index (κ1) is 29.6. The van der Waals surface area contributed by atoms with Crippen LogP contribution in [0.1, 0.15) is 30.4 Å². The molecule has 1 amide bonds. The number of amides is 1. The van der Waals surface area contributed by atoms with Crippen molar-refractivity contribution in [3.63, 3.8) is 0 Å². The third-order valence-electron chi connectivity index (χ3n) is 6.75. The van der Waals surface area contributed by atoms with E-state index in [1.165, 1.54) is 28.6 Å². The zero-order chi connectivity index (χ0) is 28.8. The number of para-hydroxylation sites is 1. The summed E-state index contributed by atoms with van der Waals surface area (Å²) in [4.78, 5) is 13.2. The van der Waals surface area contributed by atoms with Crippen LogP contribution in [0.2, 0.25) is 0 Å². The number of carbonyl (C=O) groups excluding carboxylic acids is 1. The average molecular weight is 586 g/mol. The van der Waals surface area contributed by atoms with Gasteiger partial charge >= 0.3 is 0 Å². The Morgan fingerprint density at radius 3 is 2.12 bits per heavy atom. The molecule has 0 aliphatic carbocycles. The van der Waals surface area contributed by atoms with Crippen molar-refractivity contribution in [1.29, 1.82) is 0 Å². The van der Waals surface area contributed by atoms with Crippen LogP contribution >= 0.6 is 0 Å². The zero-order valence-electron chi connectivity index (χ0n) is 22.7. The molecule has 0 aromatic heterocycles. The minimum atomic E-state index is -4.00. The second kappa shape index (κ2) is 12.8. The molecule has 1 saturated heterocycles. The molecule has 0 radical (unpaired) electrons. The second-order valence-corrected chi connectivity index (χ2v) is 13.5. The summed E-state index contributed by atoms with van der Waals surface area (Å²) < 4.78 is 61.0. The molecule has 1 fully saturated rings. The van der Waals surface area contributed by atoms with Gasteiger partial charge in [-0.05, 0) is 74.7 Å². The minimum Gasteiger partial charge on any atom is -0.492 e. The first-order valence-electron chi connectivity index (χ1n) is 13.2. The van der Waals surface area contributed by atoms with E-state index in [9.17, 15) is 21.6 Å². The number of piperidine rings is 1. The maximum absolute atomic E-state index is 13.5. The highest BCUT2D eigenvalue weighted by Gasteiger charge is 2.28. The van der Waals surface area contributed by atoms with Crippen molar-refractivity contribution >= 4 is 31.6 Å². The lowest BCUT2D eigenvalue weighted by Gasteiger charge is -2.26. The molecule has 214 valence electrons. The van der Waals surface area contributed by atoms with E-state index in [1.807, 2.05) is 13.0 Å². The Morgan fingerprint density at radius 2 is 1.48 bits per heavy atom. The summed E-state index contributed by atoms with van der Waals surface area (Å²) in [7, 11) is -7.52. The average Bonchev–Trinajstić information content (AvgIpc) is 2.95. The molecule has 0 spiro atoms. The Kier molecular flexibility index (Phi) is 9.49. The van der Waals surface area contributed by atoms with Crippen molar-refractivity contribution in [2.45, 2.75) is 42.9 Å². The van der Waals surface area contributed by atoms with Gasteiger partial charge in [0.15, 0.2) is 0 Å². The van der Waals surface area contributed by atoms with Crippen LogP contribution in [0.3, 0.4) is 0 Å². The van der Waals surface area contributed by atoms with Crippen LogP contribution in [0, 0.1) is 13.8 Å². The van der Waals surface area contributed by atoms with Crippen LogP contribution in [-0.2, 0) is 24.8 Å². The number of rotatable bonds is 11. The Hall–Kier alpha value is -3.41. The highest BCUT2D eigenvalue weighted by Crippen LogP contribution is 2.27. The summed E-state index contributed by atoms with van der Waals surface area (Å²) in [5.41, 5.74) is 2.08. The molecular formula is C29H35N3O6S2. The smallest absolute Gasteiger partial charge is 0.264 e. The summed E-state index contributed by atoms with van der Waals surface area (Å²) in [6, 6.07) is 19.7. The van der Waals surface area contributed by atoms with Gasteiger partial charge in [-0.2, -0.15) is 4.31 Å². The lowest BCUT2D eigenvalue weighted by Crippen LogP contribution is -2.42. The van der Waals surface area contributed by atoms with Gasteiger partial charge in [0.05, 0.1) is 22.0 Å². The summed E-state index contributed by atoms with van der Waals surface area (Å²) in [5.74, 6) is -0.0131. The van der Waals surface area contributed by atoms with Crippen molar-refractivity contribution in [2.24, 2.45) is 0 Å². The van der Waals surface area contributed by atoms with Gasteiger partial charge in [-0.1, -0.05) is 42.3 Å². The van der Waals surface area contributed by atoms with Gasteiger partial charge in [-0.25, -0.2) is 16.8 Å². The topological polar surface area (TPSA) is 113 Å². The van der Waals surface area contributed by atoms with Gasteiger partial charge < -0.3 is 10.1 Å². The van der Waals surface area contributed by atoms with Gasteiger partial charge in [0.25, 0.3) is 10.0 Å². The van der Waals surface area contributed by atoms with Gasteiger partial charge in [0, 0.05) is 13.1 Å². The molecule has 40 heavy (non-hydrogen) atoms. The number of sulfonamides is 2. The Labute approximate surface area is 236 Å². The van der Waals surface area contributed by atoms with Crippen LogP contribution in [0.15, 0.2) is 82.6 Å². The van der Waals surface area contributed by atoms with E-state index >= 15 is 0 Å². The molecule has 11 heteroatoms. The molecule has 1 N–H and O–H groups in total. The van der Waals surface area contributed by atoms with Crippen molar-refractivity contribution in [3.05, 3.63) is 83.9 Å². The lowest BCUT2D eigenvalue weighted by atomic mass is 10.2. The number of anilines is 1. The van der Waals surface area contributed by atoms with Crippen LogP contribution in [0.5, 0.6) is 5.75 Å². The number of hydrogen-bond donors (Lipinski definition) is 1. The highest BCUT2D eigenvalue weighted by molar-refractivity contribution is 7.92. The molecule has 3 aromatic carbocycles. The molecule has 0 bridgehead atoms. The van der Waals surface area contributed by atoms with Crippen molar-refractivity contribution in [3.8, 4) is 5.75 Å². The van der Waals surface area contributed by atoms with E-state index in [0.29, 0.717) is 24.5 Å². The maximum atomic E-state index is 13.5. The zero-order valence-corrected chi connectivity index (χ0v) is 24.4. The summed E-state index contributed by atoms with van der Waals surface area (Å²) >= 11 is 0. The van der Waals surface area contributed by atoms with E-state index in [-0.39, 0.29) is 22.9 Å². The molecular weight excluding hydrogens is 550 g/mol. The summed E-state index contributed by atoms with van der Waals surface area (Å²) in [5, 5.41) is 2.71. The third-order valence-corrected chi connectivity index (χ3v) is 10.4. The van der Waals surface area contributed by atoms with Crippen molar-refractivity contribution in [1.82, 2.24) is 9.62 Å². The van der Waals surface area contributed by atoms with Gasteiger partial charge in [0.1, 0.15) is 18.9 Å². The van der Waals surface area contributed by atoms with E-state index in [2.05, 4.69) is 5.32 Å². The summed E-state index contributed by atoms with van der Waals surface area (Å²) in [6.45, 7) is 4.60. The van der Waals surface area contributed by atoms with Crippen LogP contribution in [0.25, 0.3) is 0 Å². The van der Waals surface area contributed by atoms with Crippen LogP contribution in [0.4, 0.5) is 5.69 Å². The first-order chi connectivity index (χ1) is 19.1. The van der Waals surface area contributed by atoms with Gasteiger partial charge in [0.2, 0.25) is 15.9 Å². The molecule has 3 aromatic rings. The quantitative estimate of drug-likeness (QED) is 0.342. The standard InChI is InChI=1S/C29H35N3O6S2/c1-23-10-14-27(15-11-23)40(36,37)32(28-9-5-4-8-24(28)2)22-29(33)30-18-21-38-25-12-16-26(17-13-25)39(34,35)31-19-6-3-7-20-31/h4-5,8-17H,3,6-7,18-22H2,1-2H3,(H,30,33). The Balaban J connectivity index is 1.36. The molecule has 0 unspecified atom stereocenters. The monoisotopic (exact) mass is 585 g/mol. The van der Waals surface area contributed by atoms with Crippen molar-refractivity contribution in [2.75, 3.05) is 37.1 Å². The number of ether oxygens (including phenoxy) is 1. The number of nitrogens with zero attached hydrogens (tertiary/aromatic N) is 2. The van der Waals surface area contributed by atoms with Crippen LogP contribution < -0.4 is 14.4 Å². The molecule has 9 nitrogen and oxygen atoms in total. The molecule has 0 saturated carbocycles. The Morgan fingerprint density at radius 1 is 0.850 bits per heavy atom. The predicted molar refractivity (Wildman–Crippen MR) is 154 cm³/mol. The normalized spacial score (nSPS) is 14.4. The fourth-order valence-electron chi connectivity index (χ4n) is 4.49. The molecule has 0 atom stereocenters. The molecule has 1 aliphatic heterocycles. The number of hydrogen-bond acceptors (Lipinski definition) is 6. The van der Waals surface area contributed by atoms with Gasteiger partial charge in [-0.3, -0.25) is 9.10 Å². The highest BCUT2D eigenvalue weighted by atomic mass is 32.2. The fourth-order valence-corrected chi connectivity index (χ4v) is 7.49. The molecule has 4 rings (SSSR count). The van der Waals surface area contributed by atoms with Crippen LogP contribution in [-0.4, -0.2) is 59.8 Å². The van der Waals surface area contributed by atoms with E-state index < -0.39 is 32.5 Å². The number of carbonyl (C=O) groups is 1. The molecule has 1 aliphatic rings.